The molecule has 0 aromatic carbocycles. The molecule has 2 atom stereocenters. The van der Waals surface area contributed by atoms with Crippen molar-refractivity contribution in [2.24, 2.45) is 22.7 Å². The molecular weight excluding hydrogens is 368 g/mol. The van der Waals surface area contributed by atoms with Crippen LogP contribution in [0.1, 0.15) is 93.9 Å². The Kier molecular flexibility index (Phi) is 10.5. The molecule has 2 aliphatic carbocycles. The highest BCUT2D eigenvalue weighted by molar-refractivity contribution is 5.72. The lowest BCUT2D eigenvalue weighted by Crippen LogP contribution is -2.19. The molecular formula is C28H46O2. The summed E-state index contributed by atoms with van der Waals surface area (Å²) in [6, 6.07) is 0. The summed E-state index contributed by atoms with van der Waals surface area (Å²) in [6.45, 7) is 18.1. The number of aliphatic hydroxyl groups excluding tert-OH is 1. The summed E-state index contributed by atoms with van der Waals surface area (Å²) in [5.74, 6) is 1.38. The van der Waals surface area contributed by atoms with Crippen molar-refractivity contribution < 1.29 is 9.90 Å². The fourth-order valence-corrected chi connectivity index (χ4v) is 4.38. The van der Waals surface area contributed by atoms with E-state index < -0.39 is 0 Å². The highest BCUT2D eigenvalue weighted by Crippen LogP contribution is 2.45. The largest absolute Gasteiger partial charge is 0.392 e. The van der Waals surface area contributed by atoms with Gasteiger partial charge in [-0.3, -0.25) is 4.79 Å². The summed E-state index contributed by atoms with van der Waals surface area (Å²) < 4.78 is 0. The normalized spacial score (nSPS) is 25.4. The first-order chi connectivity index (χ1) is 14.0. The highest BCUT2D eigenvalue weighted by Gasteiger charge is 2.34. The molecule has 0 spiro atoms. The average Bonchev–Trinajstić information content (AvgIpc) is 3.12. The van der Waals surface area contributed by atoms with Crippen LogP contribution in [-0.4, -0.2) is 18.0 Å². The Labute approximate surface area is 186 Å². The second kappa shape index (κ2) is 11.8. The van der Waals surface area contributed by atoms with Crippen molar-refractivity contribution in [2.75, 3.05) is 6.61 Å². The fraction of sp³-hybridized carbons (Fsp3) is 0.679. The predicted octanol–water partition coefficient (Wildman–Crippen LogP) is 7.60. The van der Waals surface area contributed by atoms with Gasteiger partial charge in [0, 0.05) is 0 Å². The number of allylic oxidation sites excluding steroid dienone is 7. The minimum absolute atomic E-state index is 0.218. The summed E-state index contributed by atoms with van der Waals surface area (Å²) in [4.78, 5) is 10.7. The summed E-state index contributed by atoms with van der Waals surface area (Å²) in [5.41, 5.74) is 5.77. The molecule has 1 N–H and O–H groups in total. The van der Waals surface area contributed by atoms with Gasteiger partial charge in [-0.25, -0.2) is 0 Å². The van der Waals surface area contributed by atoms with Gasteiger partial charge in [-0.05, 0) is 86.2 Å². The van der Waals surface area contributed by atoms with Crippen LogP contribution in [0.25, 0.3) is 0 Å². The Hall–Kier alpha value is -1.41. The Balaban J connectivity index is 0.000000300. The monoisotopic (exact) mass is 414 g/mol. The summed E-state index contributed by atoms with van der Waals surface area (Å²) in [5, 5.41) is 9.10. The lowest BCUT2D eigenvalue weighted by Gasteiger charge is -2.29. The molecule has 0 saturated carbocycles. The first-order valence-corrected chi connectivity index (χ1v) is 11.8. The van der Waals surface area contributed by atoms with Crippen molar-refractivity contribution in [1.82, 2.24) is 0 Å². The number of aliphatic hydroxyl groups is 1. The fourth-order valence-electron chi connectivity index (χ4n) is 4.38. The summed E-state index contributed by atoms with van der Waals surface area (Å²) in [6.07, 6.45) is 16.3. The second-order valence-electron chi connectivity index (χ2n) is 10.2. The Morgan fingerprint density at radius 1 is 0.933 bits per heavy atom. The van der Waals surface area contributed by atoms with Gasteiger partial charge in [0.15, 0.2) is 0 Å². The van der Waals surface area contributed by atoms with Crippen LogP contribution in [0, 0.1) is 22.7 Å². The van der Waals surface area contributed by atoms with Gasteiger partial charge in [-0.1, -0.05) is 77.0 Å². The molecule has 0 fully saturated rings. The topological polar surface area (TPSA) is 37.3 Å². The SMILES string of the molecule is CC/C(=C\C[C@H]1CC=C(C)C1(C)C)CO.CC/C(C=O)=C\C[C@H]1CC=C(C)C1(C)C. The lowest BCUT2D eigenvalue weighted by molar-refractivity contribution is -0.105. The van der Waals surface area contributed by atoms with Crippen molar-refractivity contribution in [3.63, 3.8) is 0 Å². The lowest BCUT2D eigenvalue weighted by atomic mass is 9.76. The zero-order valence-electron chi connectivity index (χ0n) is 20.8. The van der Waals surface area contributed by atoms with Crippen LogP contribution in [0.4, 0.5) is 0 Å². The third-order valence-corrected chi connectivity index (χ3v) is 8.06. The van der Waals surface area contributed by atoms with E-state index in [0.29, 0.717) is 22.7 Å². The van der Waals surface area contributed by atoms with Crippen molar-refractivity contribution in [3.8, 4) is 0 Å². The quantitative estimate of drug-likeness (QED) is 0.252. The van der Waals surface area contributed by atoms with E-state index in [0.717, 1.165) is 44.0 Å². The zero-order chi connectivity index (χ0) is 22.9. The number of rotatable bonds is 8. The van der Waals surface area contributed by atoms with E-state index in [1.54, 1.807) is 0 Å². The molecule has 0 heterocycles. The van der Waals surface area contributed by atoms with Gasteiger partial charge >= 0.3 is 0 Å². The number of carbonyl (C=O) groups is 1. The van der Waals surface area contributed by atoms with E-state index in [4.69, 9.17) is 5.11 Å². The van der Waals surface area contributed by atoms with Crippen LogP contribution in [-0.2, 0) is 4.79 Å². The maximum absolute atomic E-state index is 10.7. The van der Waals surface area contributed by atoms with E-state index >= 15 is 0 Å². The highest BCUT2D eigenvalue weighted by atomic mass is 16.3. The number of aldehydes is 1. The van der Waals surface area contributed by atoms with E-state index in [9.17, 15) is 4.79 Å². The van der Waals surface area contributed by atoms with Gasteiger partial charge < -0.3 is 5.11 Å². The van der Waals surface area contributed by atoms with Crippen LogP contribution in [0.2, 0.25) is 0 Å². The average molecular weight is 415 g/mol. The molecule has 2 heteroatoms. The second-order valence-corrected chi connectivity index (χ2v) is 10.2. The molecule has 0 aromatic heterocycles. The first-order valence-electron chi connectivity index (χ1n) is 11.8. The Morgan fingerprint density at radius 2 is 1.40 bits per heavy atom. The van der Waals surface area contributed by atoms with E-state index in [2.05, 4.69) is 72.8 Å². The minimum Gasteiger partial charge on any atom is -0.392 e. The maximum Gasteiger partial charge on any atom is 0.145 e. The van der Waals surface area contributed by atoms with Crippen molar-refractivity contribution in [2.45, 2.75) is 93.9 Å². The molecule has 2 nitrogen and oxygen atoms in total. The van der Waals surface area contributed by atoms with E-state index in [1.165, 1.54) is 23.1 Å². The third kappa shape index (κ3) is 6.80. The molecule has 0 aliphatic heterocycles. The molecule has 0 unspecified atom stereocenters. The number of hydrogen-bond donors (Lipinski definition) is 1. The molecule has 0 saturated heterocycles. The van der Waals surface area contributed by atoms with Crippen molar-refractivity contribution in [1.29, 1.82) is 0 Å². The van der Waals surface area contributed by atoms with Gasteiger partial charge in [0.2, 0.25) is 0 Å². The van der Waals surface area contributed by atoms with Gasteiger partial charge in [0.1, 0.15) is 6.29 Å². The maximum atomic E-state index is 10.7. The standard InChI is InChI=1S/C14H24O.C14H22O/c2*1-5-12(10-15)7-9-13-8-6-11(2)14(13,3)4/h6-7,13,15H,5,8-10H2,1-4H3;6-7,10,13H,5,8-9H2,1-4H3/b2*12-7+/t2*13-/m11/s1. The Morgan fingerprint density at radius 3 is 1.70 bits per heavy atom. The van der Waals surface area contributed by atoms with Crippen LogP contribution < -0.4 is 0 Å². The summed E-state index contributed by atoms with van der Waals surface area (Å²) in [7, 11) is 0. The third-order valence-electron chi connectivity index (χ3n) is 8.06. The predicted molar refractivity (Wildman–Crippen MR) is 130 cm³/mol. The van der Waals surface area contributed by atoms with Crippen LogP contribution in [0.15, 0.2) is 46.6 Å². The minimum atomic E-state index is 0.218. The molecule has 0 radical (unpaired) electrons. The molecule has 2 aliphatic rings. The first kappa shape index (κ1) is 26.6. The molecule has 2 rings (SSSR count). The van der Waals surface area contributed by atoms with E-state index in [1.807, 2.05) is 6.92 Å². The molecule has 0 amide bonds. The van der Waals surface area contributed by atoms with Crippen LogP contribution in [0.5, 0.6) is 0 Å². The smallest absolute Gasteiger partial charge is 0.145 e. The zero-order valence-corrected chi connectivity index (χ0v) is 20.8. The van der Waals surface area contributed by atoms with Crippen LogP contribution >= 0.6 is 0 Å². The van der Waals surface area contributed by atoms with Crippen LogP contribution in [0.3, 0.4) is 0 Å². The van der Waals surface area contributed by atoms with Crippen molar-refractivity contribution >= 4 is 6.29 Å². The summed E-state index contributed by atoms with van der Waals surface area (Å²) >= 11 is 0. The Bertz CT molecular complexity index is 679. The molecule has 30 heavy (non-hydrogen) atoms. The van der Waals surface area contributed by atoms with Gasteiger partial charge in [0.05, 0.1) is 6.61 Å². The molecule has 170 valence electrons. The van der Waals surface area contributed by atoms with Gasteiger partial charge in [-0.15, -0.1) is 0 Å². The van der Waals surface area contributed by atoms with Gasteiger partial charge in [-0.2, -0.15) is 0 Å². The molecule has 0 aromatic rings. The number of hydrogen-bond acceptors (Lipinski definition) is 2. The van der Waals surface area contributed by atoms with Crippen molar-refractivity contribution in [3.05, 3.63) is 46.6 Å². The molecule has 0 bridgehead atoms. The number of carbonyl (C=O) groups excluding carboxylic acids is 1. The van der Waals surface area contributed by atoms with E-state index in [-0.39, 0.29) is 6.61 Å². The van der Waals surface area contributed by atoms with Gasteiger partial charge in [0.25, 0.3) is 0 Å².